The highest BCUT2D eigenvalue weighted by molar-refractivity contribution is 7.34. The molecule has 8 atom stereocenters. The molecule has 3 fully saturated rings. The van der Waals surface area contributed by atoms with Gasteiger partial charge in [0.15, 0.2) is 0 Å². The highest BCUT2D eigenvalue weighted by Gasteiger charge is 2.57. The van der Waals surface area contributed by atoms with Gasteiger partial charge in [-0.1, -0.05) is 48.8 Å². The summed E-state index contributed by atoms with van der Waals surface area (Å²) in [4.78, 5) is 0. The van der Waals surface area contributed by atoms with Gasteiger partial charge in [-0.05, 0) is 99.1 Å². The molecule has 1 spiro atoms. The molecule has 0 aromatic heterocycles. The zero-order valence-electron chi connectivity index (χ0n) is 16.7. The molecular formula is C22H42NP. The molecule has 3 aliphatic carbocycles. The quantitative estimate of drug-likeness (QED) is 0.350. The molecule has 0 heterocycles. The molecule has 1 N–H and O–H groups in total. The number of unbranched alkanes of at least 4 members (excludes halogenated alkanes) is 1. The first-order chi connectivity index (χ1) is 11.6. The van der Waals surface area contributed by atoms with Crippen LogP contribution < -0.4 is 5.09 Å². The lowest BCUT2D eigenvalue weighted by Gasteiger charge is -2.57. The normalized spacial score (nSPS) is 40.5. The van der Waals surface area contributed by atoms with Crippen molar-refractivity contribution in [3.05, 3.63) is 0 Å². The molecule has 0 saturated heterocycles. The van der Waals surface area contributed by atoms with Crippen LogP contribution >= 0.6 is 8.73 Å². The summed E-state index contributed by atoms with van der Waals surface area (Å²) in [5, 5.41) is 3.47. The van der Waals surface area contributed by atoms with Gasteiger partial charge in [0.2, 0.25) is 0 Å². The largest absolute Gasteiger partial charge is 0.298 e. The summed E-state index contributed by atoms with van der Waals surface area (Å²) in [5.41, 5.74) is 0.810. The van der Waals surface area contributed by atoms with Gasteiger partial charge in [0, 0.05) is 0 Å². The molecule has 0 aliphatic heterocycles. The van der Waals surface area contributed by atoms with E-state index in [1.165, 1.54) is 38.6 Å². The molecule has 0 aromatic carbocycles. The van der Waals surface area contributed by atoms with Crippen molar-refractivity contribution in [2.24, 2.45) is 40.9 Å². The predicted octanol–water partition coefficient (Wildman–Crippen LogP) is 6.48. The van der Waals surface area contributed by atoms with Crippen LogP contribution in [0.25, 0.3) is 0 Å². The van der Waals surface area contributed by atoms with E-state index >= 15 is 0 Å². The topological polar surface area (TPSA) is 12.0 Å². The fourth-order valence-corrected chi connectivity index (χ4v) is 6.46. The van der Waals surface area contributed by atoms with Crippen LogP contribution in [0.5, 0.6) is 0 Å². The maximum absolute atomic E-state index is 3.47. The molecule has 140 valence electrons. The third kappa shape index (κ3) is 4.37. The molecule has 2 heteroatoms. The van der Waals surface area contributed by atoms with Gasteiger partial charge in [0.25, 0.3) is 0 Å². The number of hydrogen-bond donors (Lipinski definition) is 1. The molecule has 0 radical (unpaired) electrons. The van der Waals surface area contributed by atoms with Crippen LogP contribution in [0.2, 0.25) is 0 Å². The monoisotopic (exact) mass is 351 g/mol. The number of rotatable bonds is 10. The second kappa shape index (κ2) is 8.39. The highest BCUT2D eigenvalue weighted by Crippen LogP contribution is 2.67. The summed E-state index contributed by atoms with van der Waals surface area (Å²) < 4.78 is 0. The van der Waals surface area contributed by atoms with E-state index in [1.807, 2.05) is 0 Å². The van der Waals surface area contributed by atoms with Crippen LogP contribution in [0, 0.1) is 40.9 Å². The Hall–Kier alpha value is 0.390. The number of fused-ring (bicyclic) bond motifs is 1. The van der Waals surface area contributed by atoms with Gasteiger partial charge in [0.05, 0.1) is 0 Å². The fraction of sp³-hybridized carbons (Fsp3) is 1.00. The molecule has 0 bridgehead atoms. The molecule has 3 saturated carbocycles. The zero-order valence-corrected chi connectivity index (χ0v) is 17.7. The Labute approximate surface area is 153 Å². The van der Waals surface area contributed by atoms with Gasteiger partial charge < -0.3 is 0 Å². The van der Waals surface area contributed by atoms with Crippen molar-refractivity contribution in [2.75, 3.05) is 13.2 Å². The molecular weight excluding hydrogens is 309 g/mol. The van der Waals surface area contributed by atoms with Crippen LogP contribution in [0.15, 0.2) is 0 Å². The van der Waals surface area contributed by atoms with E-state index in [2.05, 4.69) is 32.5 Å². The minimum Gasteiger partial charge on any atom is -0.298 e. The van der Waals surface area contributed by atoms with Crippen molar-refractivity contribution in [3.63, 3.8) is 0 Å². The number of hydrogen-bond acceptors (Lipinski definition) is 1. The summed E-state index contributed by atoms with van der Waals surface area (Å²) in [6.07, 6.45) is 15.1. The van der Waals surface area contributed by atoms with Crippen LogP contribution in [0.3, 0.4) is 0 Å². The average Bonchev–Trinajstić information content (AvgIpc) is 3.36. The van der Waals surface area contributed by atoms with Gasteiger partial charge in [-0.3, -0.25) is 5.09 Å². The predicted molar refractivity (Wildman–Crippen MR) is 109 cm³/mol. The number of nitrogens with one attached hydrogen (secondary N) is 1. The van der Waals surface area contributed by atoms with Crippen molar-refractivity contribution >= 4 is 8.73 Å². The summed E-state index contributed by atoms with van der Waals surface area (Å²) in [6.45, 7) is 11.1. The molecule has 24 heavy (non-hydrogen) atoms. The van der Waals surface area contributed by atoms with Gasteiger partial charge in [0.1, 0.15) is 0 Å². The lowest BCUT2D eigenvalue weighted by molar-refractivity contribution is -0.0699. The maximum atomic E-state index is 3.47. The molecule has 3 rings (SSSR count). The summed E-state index contributed by atoms with van der Waals surface area (Å²) in [6, 6.07) is 0. The fourth-order valence-electron chi connectivity index (χ4n) is 6.04. The third-order valence-corrected chi connectivity index (χ3v) is 9.05. The van der Waals surface area contributed by atoms with Crippen LogP contribution in [0.1, 0.15) is 85.0 Å². The molecule has 0 aromatic rings. The Morgan fingerprint density at radius 1 is 1.08 bits per heavy atom. The lowest BCUT2D eigenvalue weighted by atomic mass is 9.48. The molecule has 0 amide bonds. The standard InChI is InChI=1S/C22H42NP/c1-16(7-5-6-12-23-24-4)17(2)8-9-20-14-22(18(20)3)11-10-19-13-21(19)15-22/h16-21,23-24H,5-15H2,1-4H3. The van der Waals surface area contributed by atoms with Gasteiger partial charge in [-0.15, -0.1) is 0 Å². The first-order valence-electron chi connectivity index (χ1n) is 11.0. The summed E-state index contributed by atoms with van der Waals surface area (Å²) in [7, 11) is 0.910. The van der Waals surface area contributed by atoms with E-state index in [4.69, 9.17) is 0 Å². The average molecular weight is 352 g/mol. The first-order valence-corrected chi connectivity index (χ1v) is 12.5. The van der Waals surface area contributed by atoms with Crippen molar-refractivity contribution < 1.29 is 0 Å². The van der Waals surface area contributed by atoms with E-state index in [1.54, 1.807) is 32.1 Å². The zero-order chi connectivity index (χ0) is 17.2. The summed E-state index contributed by atoms with van der Waals surface area (Å²) >= 11 is 0. The minimum absolute atomic E-state index is 0.810. The Morgan fingerprint density at radius 3 is 2.58 bits per heavy atom. The lowest BCUT2D eigenvalue weighted by Crippen LogP contribution is -2.48. The molecule has 3 aliphatic rings. The Kier molecular flexibility index (Phi) is 6.70. The van der Waals surface area contributed by atoms with Gasteiger partial charge >= 0.3 is 0 Å². The Morgan fingerprint density at radius 2 is 1.88 bits per heavy atom. The molecule has 8 unspecified atom stereocenters. The van der Waals surface area contributed by atoms with Crippen LogP contribution in [0.4, 0.5) is 0 Å². The SMILES string of the molecule is CPNCCCCC(C)C(C)CCC1CC2(CCC3CC3C2)C1C. The first kappa shape index (κ1) is 19.2. The van der Waals surface area contributed by atoms with Gasteiger partial charge in [-0.25, -0.2) is 0 Å². The van der Waals surface area contributed by atoms with E-state index in [0.717, 1.165) is 49.7 Å². The van der Waals surface area contributed by atoms with Crippen LogP contribution in [-0.2, 0) is 0 Å². The van der Waals surface area contributed by atoms with Crippen molar-refractivity contribution in [1.29, 1.82) is 0 Å². The Bertz CT molecular complexity index is 397. The second-order valence-corrected chi connectivity index (χ2v) is 10.7. The van der Waals surface area contributed by atoms with E-state index in [9.17, 15) is 0 Å². The van der Waals surface area contributed by atoms with Crippen molar-refractivity contribution in [1.82, 2.24) is 5.09 Å². The minimum atomic E-state index is 0.810. The Balaban J connectivity index is 1.30. The van der Waals surface area contributed by atoms with E-state index in [0.29, 0.717) is 0 Å². The maximum Gasteiger partial charge on any atom is -0.00123 e. The second-order valence-electron chi connectivity index (χ2n) is 9.82. The molecule has 1 nitrogen and oxygen atoms in total. The van der Waals surface area contributed by atoms with Crippen molar-refractivity contribution in [3.8, 4) is 0 Å². The van der Waals surface area contributed by atoms with Crippen molar-refractivity contribution in [2.45, 2.75) is 85.0 Å². The van der Waals surface area contributed by atoms with Crippen LogP contribution in [-0.4, -0.2) is 13.2 Å². The highest BCUT2D eigenvalue weighted by atomic mass is 31.1. The van der Waals surface area contributed by atoms with Gasteiger partial charge in [-0.2, -0.15) is 0 Å². The smallest absolute Gasteiger partial charge is 0.00123 e. The van der Waals surface area contributed by atoms with E-state index in [-0.39, 0.29) is 0 Å². The third-order valence-electron chi connectivity index (χ3n) is 8.44. The summed E-state index contributed by atoms with van der Waals surface area (Å²) in [5.74, 6) is 6.25. The van der Waals surface area contributed by atoms with E-state index < -0.39 is 0 Å².